The molecule has 0 spiro atoms. The third kappa shape index (κ3) is 5.70. The SMILES string of the molecule is CC[C@H]1C[C@@H](c2ccnc(C)c2)[C@@H]1CO[Si](c1ccccc1)(c1ccccc1)C(C)(C)C.O=C=O. The molecular formula is C30H37NO3Si. The first kappa shape index (κ1) is 26.7. The molecule has 0 radical (unpaired) electrons. The van der Waals surface area contributed by atoms with Crippen molar-refractivity contribution in [1.82, 2.24) is 4.98 Å². The van der Waals surface area contributed by atoms with E-state index in [0.29, 0.717) is 11.8 Å². The summed E-state index contributed by atoms with van der Waals surface area (Å²) in [5.74, 6) is 1.86. The lowest BCUT2D eigenvalue weighted by atomic mass is 9.61. The largest absolute Gasteiger partial charge is 0.407 e. The van der Waals surface area contributed by atoms with E-state index in [4.69, 9.17) is 14.0 Å². The van der Waals surface area contributed by atoms with Crippen molar-refractivity contribution in [2.75, 3.05) is 6.61 Å². The zero-order chi connectivity index (χ0) is 25.5. The summed E-state index contributed by atoms with van der Waals surface area (Å²) in [6.45, 7) is 12.3. The molecule has 0 unspecified atom stereocenters. The number of aromatic nitrogens is 1. The highest BCUT2D eigenvalue weighted by Gasteiger charge is 2.51. The molecule has 1 aliphatic carbocycles. The maximum absolute atomic E-state index is 8.12. The third-order valence-electron chi connectivity index (χ3n) is 7.46. The van der Waals surface area contributed by atoms with Gasteiger partial charge in [-0.2, -0.15) is 9.59 Å². The Morgan fingerprint density at radius 1 is 0.971 bits per heavy atom. The van der Waals surface area contributed by atoms with Crippen molar-refractivity contribution in [2.24, 2.45) is 11.8 Å². The van der Waals surface area contributed by atoms with Gasteiger partial charge in [-0.25, -0.2) is 0 Å². The molecule has 4 nitrogen and oxygen atoms in total. The molecule has 5 heteroatoms. The fraction of sp³-hybridized carbons (Fsp3) is 0.400. The van der Waals surface area contributed by atoms with E-state index < -0.39 is 8.32 Å². The van der Waals surface area contributed by atoms with Crippen LogP contribution in [0.25, 0.3) is 0 Å². The van der Waals surface area contributed by atoms with E-state index in [0.717, 1.165) is 18.2 Å². The first-order valence-corrected chi connectivity index (χ1v) is 14.4. The minimum Gasteiger partial charge on any atom is -0.407 e. The highest BCUT2D eigenvalue weighted by Crippen LogP contribution is 2.50. The molecule has 3 aromatic rings. The van der Waals surface area contributed by atoms with Gasteiger partial charge in [0.15, 0.2) is 0 Å². The summed E-state index contributed by atoms with van der Waals surface area (Å²) >= 11 is 0. The van der Waals surface area contributed by atoms with E-state index in [1.54, 1.807) is 0 Å². The predicted octanol–water partition coefficient (Wildman–Crippen LogP) is 5.51. The van der Waals surface area contributed by atoms with Crippen molar-refractivity contribution in [2.45, 2.75) is 58.4 Å². The molecular weight excluding hydrogens is 450 g/mol. The minimum atomic E-state index is -2.49. The molecule has 1 fully saturated rings. The summed E-state index contributed by atoms with van der Waals surface area (Å²) in [6.07, 6.45) is 4.69. The lowest BCUT2D eigenvalue weighted by molar-refractivity contribution is -0.191. The van der Waals surface area contributed by atoms with Gasteiger partial charge in [-0.3, -0.25) is 4.98 Å². The second-order valence-electron chi connectivity index (χ2n) is 10.5. The normalized spacial score (nSPS) is 19.6. The van der Waals surface area contributed by atoms with Crippen LogP contribution in [0.2, 0.25) is 5.04 Å². The standard InChI is InChI=1S/C29H37NOSi.CO2/c1-6-23-20-27(24-17-18-30-22(2)19-24)28(23)21-31-32(29(3,4)5,25-13-9-7-10-14-25)26-15-11-8-12-16-26;2-1-3/h7-19,23,27-28H,6,20-21H2,1-5H3;/t23-,27-,28+;/m0./s1. The van der Waals surface area contributed by atoms with Gasteiger partial charge >= 0.3 is 6.15 Å². The monoisotopic (exact) mass is 487 g/mol. The highest BCUT2D eigenvalue weighted by molar-refractivity contribution is 6.99. The second-order valence-corrected chi connectivity index (χ2v) is 14.8. The first-order chi connectivity index (χ1) is 16.8. The average molecular weight is 488 g/mol. The topological polar surface area (TPSA) is 56.3 Å². The number of carbonyl (C=O) groups excluding carboxylic acids is 2. The van der Waals surface area contributed by atoms with Crippen LogP contribution in [-0.2, 0) is 14.0 Å². The van der Waals surface area contributed by atoms with Crippen LogP contribution in [0.3, 0.4) is 0 Å². The molecule has 1 aliphatic rings. The number of nitrogens with zero attached hydrogens (tertiary/aromatic N) is 1. The number of aryl methyl sites for hydroxylation is 1. The fourth-order valence-electron chi connectivity index (χ4n) is 5.69. The molecule has 1 aromatic heterocycles. The highest BCUT2D eigenvalue weighted by atomic mass is 28.4. The Labute approximate surface area is 210 Å². The van der Waals surface area contributed by atoms with E-state index in [-0.39, 0.29) is 11.2 Å². The van der Waals surface area contributed by atoms with Gasteiger partial charge < -0.3 is 4.43 Å². The Bertz CT molecular complexity index is 1070. The van der Waals surface area contributed by atoms with Gasteiger partial charge in [0, 0.05) is 18.5 Å². The zero-order valence-electron chi connectivity index (χ0n) is 21.5. The maximum Gasteiger partial charge on any atom is 0.373 e. The van der Waals surface area contributed by atoms with Crippen LogP contribution in [0.15, 0.2) is 79.0 Å². The lowest BCUT2D eigenvalue weighted by Crippen LogP contribution is -2.67. The second kappa shape index (κ2) is 11.7. The first-order valence-electron chi connectivity index (χ1n) is 12.4. The molecule has 2 aromatic carbocycles. The molecule has 35 heavy (non-hydrogen) atoms. The molecule has 3 atom stereocenters. The van der Waals surface area contributed by atoms with Gasteiger partial charge in [0.2, 0.25) is 0 Å². The summed E-state index contributed by atoms with van der Waals surface area (Å²) < 4.78 is 7.31. The van der Waals surface area contributed by atoms with E-state index in [9.17, 15) is 0 Å². The van der Waals surface area contributed by atoms with Gasteiger partial charge in [-0.15, -0.1) is 0 Å². The molecule has 1 saturated carbocycles. The van der Waals surface area contributed by atoms with Crippen molar-refractivity contribution < 1.29 is 14.0 Å². The van der Waals surface area contributed by atoms with Gasteiger partial charge in [0.25, 0.3) is 8.32 Å². The van der Waals surface area contributed by atoms with Crippen LogP contribution in [0.1, 0.15) is 57.7 Å². The number of hydrogen-bond donors (Lipinski definition) is 0. The van der Waals surface area contributed by atoms with Gasteiger partial charge in [0.05, 0.1) is 0 Å². The predicted molar refractivity (Wildman–Crippen MR) is 142 cm³/mol. The average Bonchev–Trinajstić information content (AvgIpc) is 2.82. The Morgan fingerprint density at radius 2 is 1.51 bits per heavy atom. The number of hydrogen-bond acceptors (Lipinski definition) is 4. The van der Waals surface area contributed by atoms with Crippen molar-refractivity contribution in [3.05, 3.63) is 90.3 Å². The van der Waals surface area contributed by atoms with Gasteiger partial charge in [-0.05, 0) is 64.2 Å². The smallest absolute Gasteiger partial charge is 0.373 e. The van der Waals surface area contributed by atoms with E-state index >= 15 is 0 Å². The molecule has 184 valence electrons. The molecule has 1 heterocycles. The third-order valence-corrected chi connectivity index (χ3v) is 12.5. The quantitative estimate of drug-likeness (QED) is 0.412. The van der Waals surface area contributed by atoms with Crippen molar-refractivity contribution in [3.8, 4) is 0 Å². The Kier molecular flexibility index (Phi) is 8.96. The Hall–Kier alpha value is -2.85. The Morgan fingerprint density at radius 3 is 1.97 bits per heavy atom. The lowest BCUT2D eigenvalue weighted by Gasteiger charge is -2.49. The van der Waals surface area contributed by atoms with E-state index in [2.05, 4.69) is 112 Å². The van der Waals surface area contributed by atoms with E-state index in [1.165, 1.54) is 28.8 Å². The van der Waals surface area contributed by atoms with Crippen LogP contribution >= 0.6 is 0 Å². The van der Waals surface area contributed by atoms with Crippen LogP contribution in [-0.4, -0.2) is 26.1 Å². The zero-order valence-corrected chi connectivity index (χ0v) is 22.5. The Balaban J connectivity index is 0.00000108. The molecule has 0 saturated heterocycles. The summed E-state index contributed by atoms with van der Waals surface area (Å²) in [5.41, 5.74) is 2.53. The molecule has 0 amide bonds. The molecule has 0 bridgehead atoms. The summed E-state index contributed by atoms with van der Waals surface area (Å²) in [7, 11) is -2.49. The molecule has 4 rings (SSSR count). The maximum atomic E-state index is 8.12. The van der Waals surface area contributed by atoms with Crippen LogP contribution in [0.5, 0.6) is 0 Å². The minimum absolute atomic E-state index is 0.0178. The summed E-state index contributed by atoms with van der Waals surface area (Å²) in [6, 6.07) is 26.5. The number of pyridine rings is 1. The van der Waals surface area contributed by atoms with Gasteiger partial charge in [-0.1, -0.05) is 94.8 Å². The molecule has 0 N–H and O–H groups in total. The van der Waals surface area contributed by atoms with Crippen molar-refractivity contribution >= 4 is 24.8 Å². The number of benzene rings is 2. The summed E-state index contributed by atoms with van der Waals surface area (Å²) in [4.78, 5) is 20.7. The van der Waals surface area contributed by atoms with Crippen LogP contribution in [0.4, 0.5) is 0 Å². The van der Waals surface area contributed by atoms with Gasteiger partial charge in [0.1, 0.15) is 0 Å². The van der Waals surface area contributed by atoms with Crippen LogP contribution < -0.4 is 10.4 Å². The fourth-order valence-corrected chi connectivity index (χ4v) is 10.3. The molecule has 0 aliphatic heterocycles. The number of rotatable bonds is 7. The van der Waals surface area contributed by atoms with Crippen LogP contribution in [0, 0.1) is 18.8 Å². The summed E-state index contributed by atoms with van der Waals surface area (Å²) in [5, 5.41) is 2.74. The van der Waals surface area contributed by atoms with Crippen molar-refractivity contribution in [1.29, 1.82) is 0 Å². The van der Waals surface area contributed by atoms with E-state index in [1.807, 2.05) is 6.20 Å². The van der Waals surface area contributed by atoms with Crippen molar-refractivity contribution in [3.63, 3.8) is 0 Å².